The summed E-state index contributed by atoms with van der Waals surface area (Å²) in [5, 5.41) is 0. The van der Waals surface area contributed by atoms with Crippen LogP contribution in [0.15, 0.2) is 60.7 Å². The van der Waals surface area contributed by atoms with Crippen LogP contribution < -0.4 is 0 Å². The van der Waals surface area contributed by atoms with E-state index in [1.807, 2.05) is 74.5 Å². The molecule has 2 aromatic rings. The van der Waals surface area contributed by atoms with Crippen molar-refractivity contribution in [2.75, 3.05) is 85.5 Å². The Balaban J connectivity index is 0.000000258. The first-order valence-corrected chi connectivity index (χ1v) is 17.6. The molecular formula is C38H58N2O7. The highest BCUT2D eigenvalue weighted by molar-refractivity contribution is 5.83. The van der Waals surface area contributed by atoms with E-state index in [4.69, 9.17) is 23.7 Å². The molecule has 2 fully saturated rings. The van der Waals surface area contributed by atoms with E-state index in [0.29, 0.717) is 45.9 Å². The fourth-order valence-electron chi connectivity index (χ4n) is 5.99. The molecule has 0 aromatic heterocycles. The smallest absolute Gasteiger partial charge is 0.317 e. The van der Waals surface area contributed by atoms with E-state index in [9.17, 15) is 9.59 Å². The van der Waals surface area contributed by atoms with E-state index in [1.54, 1.807) is 0 Å². The van der Waals surface area contributed by atoms with Crippen LogP contribution in [0.25, 0.3) is 0 Å². The van der Waals surface area contributed by atoms with Crippen molar-refractivity contribution in [2.45, 2.75) is 70.8 Å². The maximum Gasteiger partial charge on any atom is 0.317 e. The maximum absolute atomic E-state index is 13.1. The van der Waals surface area contributed by atoms with Gasteiger partial charge in [-0.25, -0.2) is 0 Å². The number of carbonyl (C=O) groups excluding carboxylic acids is 2. The Kier molecular flexibility index (Phi) is 18.0. The summed E-state index contributed by atoms with van der Waals surface area (Å²) in [4.78, 5) is 29.9. The normalized spacial score (nSPS) is 17.6. The molecule has 4 rings (SSSR count). The molecule has 0 amide bonds. The van der Waals surface area contributed by atoms with E-state index in [0.717, 1.165) is 76.5 Å². The average molecular weight is 655 g/mol. The quantitative estimate of drug-likeness (QED) is 0.163. The van der Waals surface area contributed by atoms with Crippen molar-refractivity contribution in [1.29, 1.82) is 0 Å². The molecule has 2 aliphatic heterocycles. The summed E-state index contributed by atoms with van der Waals surface area (Å²) < 4.78 is 27.6. The van der Waals surface area contributed by atoms with Gasteiger partial charge in [-0.1, -0.05) is 81.4 Å². The molecule has 0 saturated carbocycles. The van der Waals surface area contributed by atoms with Crippen LogP contribution in [0.4, 0.5) is 0 Å². The van der Waals surface area contributed by atoms with Gasteiger partial charge < -0.3 is 28.6 Å². The number of morpholine rings is 1. The van der Waals surface area contributed by atoms with E-state index in [-0.39, 0.29) is 24.0 Å². The monoisotopic (exact) mass is 654 g/mol. The van der Waals surface area contributed by atoms with Crippen molar-refractivity contribution in [3.05, 3.63) is 71.8 Å². The lowest BCUT2D eigenvalue weighted by Gasteiger charge is -2.36. The summed E-state index contributed by atoms with van der Waals surface area (Å²) >= 11 is 0. The molecule has 2 saturated heterocycles. The summed E-state index contributed by atoms with van der Waals surface area (Å²) in [7, 11) is 0. The van der Waals surface area contributed by atoms with Crippen LogP contribution in [0.1, 0.15) is 70.4 Å². The Labute approximate surface area is 282 Å². The second-order valence-corrected chi connectivity index (χ2v) is 12.2. The number of nitrogens with zero attached hydrogens (tertiary/aromatic N) is 2. The Bertz CT molecular complexity index is 1120. The molecule has 2 aromatic carbocycles. The van der Waals surface area contributed by atoms with Crippen LogP contribution in [0.2, 0.25) is 0 Å². The Morgan fingerprint density at radius 1 is 0.851 bits per heavy atom. The summed E-state index contributed by atoms with van der Waals surface area (Å²) in [5.41, 5.74) is 1.49. The number of ether oxygens (including phenoxy) is 5. The van der Waals surface area contributed by atoms with Gasteiger partial charge in [-0.15, -0.1) is 0 Å². The van der Waals surface area contributed by atoms with Crippen LogP contribution in [0, 0.1) is 0 Å². The Morgan fingerprint density at radius 2 is 1.47 bits per heavy atom. The lowest BCUT2D eigenvalue weighted by molar-refractivity contribution is -0.160. The fourth-order valence-corrected chi connectivity index (χ4v) is 5.99. The van der Waals surface area contributed by atoms with Gasteiger partial charge in [0.15, 0.2) is 0 Å². The second-order valence-electron chi connectivity index (χ2n) is 12.2. The molecule has 47 heavy (non-hydrogen) atoms. The van der Waals surface area contributed by atoms with Crippen molar-refractivity contribution in [2.24, 2.45) is 0 Å². The molecule has 0 spiro atoms. The second kappa shape index (κ2) is 21.9. The van der Waals surface area contributed by atoms with Crippen LogP contribution in [-0.4, -0.2) is 113 Å². The highest BCUT2D eigenvalue weighted by Gasteiger charge is 2.43. The van der Waals surface area contributed by atoms with Gasteiger partial charge in [-0.05, 0) is 56.8 Å². The number of hydrogen-bond acceptors (Lipinski definition) is 9. The minimum Gasteiger partial charge on any atom is -0.463 e. The van der Waals surface area contributed by atoms with Crippen LogP contribution in [-0.2, 0) is 38.7 Å². The van der Waals surface area contributed by atoms with E-state index in [2.05, 4.69) is 23.6 Å². The zero-order chi connectivity index (χ0) is 33.7. The maximum atomic E-state index is 13.1. The van der Waals surface area contributed by atoms with E-state index in [1.165, 1.54) is 0 Å². The van der Waals surface area contributed by atoms with Crippen molar-refractivity contribution >= 4 is 11.9 Å². The highest BCUT2D eigenvalue weighted by Crippen LogP contribution is 2.36. The average Bonchev–Trinajstić information content (AvgIpc) is 3.12. The number of rotatable bonds is 17. The molecule has 2 unspecified atom stereocenters. The van der Waals surface area contributed by atoms with E-state index >= 15 is 0 Å². The van der Waals surface area contributed by atoms with Gasteiger partial charge in [0.05, 0.1) is 37.8 Å². The molecule has 9 heteroatoms. The fraction of sp³-hybridized carbons (Fsp3) is 0.632. The standard InChI is InChI=1S/C20H29NO4.C18H29NO3/c1-17(7-10-21-11-15-24-16-12-21)25-19(22)20(8-13-23-14-9-20)18-5-3-2-4-6-18;1-4-17(16-10-8-7-9-11-16)18(20)22-15-14-21-13-12-19(5-2)6-3/h2-6,17H,7-16H2,1H3;7-11,17H,4-6,12-15H2,1-3H3. The lowest BCUT2D eigenvalue weighted by atomic mass is 9.74. The first-order valence-electron chi connectivity index (χ1n) is 17.6. The summed E-state index contributed by atoms with van der Waals surface area (Å²) in [6.07, 6.45) is 2.88. The minimum absolute atomic E-state index is 0.0845. The molecule has 262 valence electrons. The number of hydrogen-bond donors (Lipinski definition) is 0. The summed E-state index contributed by atoms with van der Waals surface area (Å²) in [5.74, 6) is -0.450. The zero-order valence-corrected chi connectivity index (χ0v) is 29.2. The van der Waals surface area contributed by atoms with Crippen molar-refractivity contribution < 1.29 is 33.3 Å². The molecule has 9 nitrogen and oxygen atoms in total. The topological polar surface area (TPSA) is 86.8 Å². The minimum atomic E-state index is -0.563. The predicted octanol–water partition coefficient (Wildman–Crippen LogP) is 5.47. The first-order chi connectivity index (χ1) is 22.9. The number of carbonyl (C=O) groups is 2. The van der Waals surface area contributed by atoms with Crippen molar-refractivity contribution in [3.8, 4) is 0 Å². The molecular weight excluding hydrogens is 596 g/mol. The first kappa shape index (κ1) is 38.6. The van der Waals surface area contributed by atoms with Crippen LogP contribution in [0.5, 0.6) is 0 Å². The van der Waals surface area contributed by atoms with Gasteiger partial charge in [-0.3, -0.25) is 14.5 Å². The number of benzene rings is 2. The molecule has 0 aliphatic carbocycles. The van der Waals surface area contributed by atoms with Gasteiger partial charge in [0.25, 0.3) is 0 Å². The molecule has 0 radical (unpaired) electrons. The van der Waals surface area contributed by atoms with Crippen molar-refractivity contribution in [3.63, 3.8) is 0 Å². The predicted molar refractivity (Wildman–Crippen MR) is 185 cm³/mol. The summed E-state index contributed by atoms with van der Waals surface area (Å²) in [6.45, 7) is 18.4. The van der Waals surface area contributed by atoms with Gasteiger partial charge in [0.1, 0.15) is 12.7 Å². The summed E-state index contributed by atoms with van der Waals surface area (Å²) in [6, 6.07) is 19.8. The van der Waals surface area contributed by atoms with E-state index < -0.39 is 5.41 Å². The van der Waals surface area contributed by atoms with Gasteiger partial charge >= 0.3 is 11.9 Å². The van der Waals surface area contributed by atoms with Gasteiger partial charge in [0, 0.05) is 39.4 Å². The van der Waals surface area contributed by atoms with Crippen LogP contribution >= 0.6 is 0 Å². The third-order valence-electron chi connectivity index (χ3n) is 9.14. The van der Waals surface area contributed by atoms with Gasteiger partial charge in [0.2, 0.25) is 0 Å². The van der Waals surface area contributed by atoms with Crippen molar-refractivity contribution in [1.82, 2.24) is 9.80 Å². The SMILES string of the molecule is CC(CCN1CCOCC1)OC(=O)C1(c2ccccc2)CCOCC1.CCC(C(=O)OCCOCCN(CC)CC)c1ccccc1. The lowest BCUT2D eigenvalue weighted by Crippen LogP contribution is -2.44. The molecule has 0 N–H and O–H groups in total. The zero-order valence-electron chi connectivity index (χ0n) is 29.2. The highest BCUT2D eigenvalue weighted by atomic mass is 16.6. The number of esters is 2. The largest absolute Gasteiger partial charge is 0.463 e. The Morgan fingerprint density at radius 3 is 2.09 bits per heavy atom. The van der Waals surface area contributed by atoms with Crippen LogP contribution in [0.3, 0.4) is 0 Å². The molecule has 0 bridgehead atoms. The molecule has 2 heterocycles. The Hall–Kier alpha value is -2.82. The molecule has 2 aliphatic rings. The van der Waals surface area contributed by atoms with Gasteiger partial charge in [-0.2, -0.15) is 0 Å². The number of likely N-dealkylation sites (N-methyl/N-ethyl adjacent to an activating group) is 1. The third-order valence-corrected chi connectivity index (χ3v) is 9.14. The third kappa shape index (κ3) is 13.0. The molecule has 2 atom stereocenters.